The van der Waals surface area contributed by atoms with Gasteiger partial charge in [-0.2, -0.15) is 4.98 Å². The molecule has 7 rings (SSSR count). The third-order valence-corrected chi connectivity index (χ3v) is 15.3. The standard InChI is InChI=1S/C51H63ClN10O9S/c1-30(2)71-41-28-35(32(5)27-39(41)58-51-55-29-36(52)47(60-51)57-37-12-6-7-14-42(37)72(69,70)31(3)4)33-18-24-61(25-19-33)26-20-43(63)54-22-9-8-21-53-23-17-45(65)56-38-13-10-11-34-46(38)50(68)62(49(34)67)40-15-16-44(64)59-48(40)66/h6-7,10-14,27-31,33,40,53H,8-9,15-26H2,1-5H3,(H,54,63)(H,56,65)(H,59,64,66)(H2,55,57,58,60). The van der Waals surface area contributed by atoms with Crippen molar-refractivity contribution in [3.8, 4) is 5.75 Å². The summed E-state index contributed by atoms with van der Waals surface area (Å²) >= 11 is 6.51. The Bertz CT molecular complexity index is 2820. The number of piperidine rings is 2. The van der Waals surface area contributed by atoms with Crippen LogP contribution in [0.5, 0.6) is 5.75 Å². The number of nitrogens with one attached hydrogen (secondary N) is 6. The van der Waals surface area contributed by atoms with Gasteiger partial charge in [-0.25, -0.2) is 13.4 Å². The number of fused-ring (bicyclic) bond motifs is 1. The molecule has 3 aromatic carbocycles. The second kappa shape index (κ2) is 23.8. The van der Waals surface area contributed by atoms with Gasteiger partial charge >= 0.3 is 0 Å². The van der Waals surface area contributed by atoms with Crippen LogP contribution in [-0.2, 0) is 29.0 Å². The van der Waals surface area contributed by atoms with E-state index in [0.717, 1.165) is 49.2 Å². The number of carbonyl (C=O) groups excluding carboxylic acids is 6. The number of halogens is 1. The third kappa shape index (κ3) is 12.9. The van der Waals surface area contributed by atoms with Crippen molar-refractivity contribution in [2.24, 2.45) is 0 Å². The average molecular weight is 1030 g/mol. The highest BCUT2D eigenvalue weighted by Gasteiger charge is 2.45. The van der Waals surface area contributed by atoms with E-state index in [2.05, 4.69) is 59.8 Å². The molecule has 3 aliphatic rings. The monoisotopic (exact) mass is 1030 g/mol. The smallest absolute Gasteiger partial charge is 0.264 e. The SMILES string of the molecule is Cc1cc(Nc2ncc(Cl)c(Nc3ccccc3S(=O)(=O)C(C)C)n2)c(OC(C)C)cc1C1CCN(CCC(=O)NCCCCNCCC(=O)Nc2cccc3c2C(=O)N(C2CCC(=O)NC2=O)C3=O)CC1. The van der Waals surface area contributed by atoms with Gasteiger partial charge < -0.3 is 36.2 Å². The molecule has 0 aliphatic carbocycles. The minimum Gasteiger partial charge on any atom is -0.489 e. The lowest BCUT2D eigenvalue weighted by Crippen LogP contribution is -2.54. The van der Waals surface area contributed by atoms with E-state index >= 15 is 0 Å². The first-order valence-corrected chi connectivity index (χ1v) is 26.4. The van der Waals surface area contributed by atoms with Gasteiger partial charge in [0.05, 0.1) is 50.6 Å². The number of imide groups is 2. The molecule has 19 nitrogen and oxygen atoms in total. The molecule has 4 aromatic rings. The van der Waals surface area contributed by atoms with Crippen LogP contribution in [-0.4, -0.2) is 120 Å². The zero-order valence-corrected chi connectivity index (χ0v) is 42.8. The fourth-order valence-corrected chi connectivity index (χ4v) is 10.3. The summed E-state index contributed by atoms with van der Waals surface area (Å²) < 4.78 is 32.5. The van der Waals surface area contributed by atoms with Crippen LogP contribution in [0, 0.1) is 6.92 Å². The van der Waals surface area contributed by atoms with E-state index in [0.29, 0.717) is 55.6 Å². The maximum atomic E-state index is 13.3. The molecule has 1 atom stereocenters. The number of aryl methyl sites for hydroxylation is 1. The molecule has 1 unspecified atom stereocenters. The highest BCUT2D eigenvalue weighted by Crippen LogP contribution is 2.39. The fourth-order valence-electron chi connectivity index (χ4n) is 9.00. The zero-order chi connectivity index (χ0) is 51.7. The van der Waals surface area contributed by atoms with E-state index in [1.807, 2.05) is 19.9 Å². The molecule has 6 N–H and O–H groups in total. The lowest BCUT2D eigenvalue weighted by molar-refractivity contribution is -0.136. The number of nitrogens with zero attached hydrogens (tertiary/aromatic N) is 4. The molecule has 384 valence electrons. The van der Waals surface area contributed by atoms with Gasteiger partial charge in [0.15, 0.2) is 15.7 Å². The van der Waals surface area contributed by atoms with Gasteiger partial charge in [-0.15, -0.1) is 0 Å². The lowest BCUT2D eigenvalue weighted by atomic mass is 9.86. The molecule has 1 aromatic heterocycles. The normalized spacial score (nSPS) is 16.5. The predicted octanol–water partition coefficient (Wildman–Crippen LogP) is 6.38. The number of aromatic nitrogens is 2. The van der Waals surface area contributed by atoms with E-state index in [-0.39, 0.29) is 75.7 Å². The van der Waals surface area contributed by atoms with E-state index in [9.17, 15) is 37.2 Å². The summed E-state index contributed by atoms with van der Waals surface area (Å²) in [5, 5.41) is 17.1. The van der Waals surface area contributed by atoms with Crippen molar-refractivity contribution >= 4 is 85.7 Å². The number of amides is 6. The minimum atomic E-state index is -3.59. The van der Waals surface area contributed by atoms with Crippen molar-refractivity contribution in [1.29, 1.82) is 0 Å². The first-order chi connectivity index (χ1) is 34.4. The quantitative estimate of drug-likeness (QED) is 0.0369. The number of benzene rings is 3. The molecular formula is C51H63ClN10O9S. The second-order valence-corrected chi connectivity index (χ2v) is 21.6. The van der Waals surface area contributed by atoms with Crippen LogP contribution >= 0.6 is 11.6 Å². The third-order valence-electron chi connectivity index (χ3n) is 12.8. The van der Waals surface area contributed by atoms with Crippen LogP contribution in [0.25, 0.3) is 0 Å². The number of hydrogen-bond donors (Lipinski definition) is 6. The van der Waals surface area contributed by atoms with Crippen molar-refractivity contribution in [2.75, 3.05) is 55.2 Å². The Morgan fingerprint density at radius 1 is 0.861 bits per heavy atom. The first kappa shape index (κ1) is 53.3. The maximum absolute atomic E-state index is 13.3. The molecule has 4 heterocycles. The molecule has 0 spiro atoms. The van der Waals surface area contributed by atoms with Crippen molar-refractivity contribution in [1.82, 2.24) is 35.7 Å². The fraction of sp³-hybridized carbons (Fsp3) is 0.451. The van der Waals surface area contributed by atoms with E-state index < -0.39 is 44.8 Å². The van der Waals surface area contributed by atoms with Crippen molar-refractivity contribution in [2.45, 2.75) is 114 Å². The molecule has 0 saturated carbocycles. The molecule has 0 radical (unpaired) electrons. The Morgan fingerprint density at radius 2 is 1.60 bits per heavy atom. The summed E-state index contributed by atoms with van der Waals surface area (Å²) in [6.45, 7) is 13.2. The summed E-state index contributed by atoms with van der Waals surface area (Å²) in [7, 11) is -3.59. The lowest BCUT2D eigenvalue weighted by Gasteiger charge is -2.33. The zero-order valence-electron chi connectivity index (χ0n) is 41.2. The number of anilines is 5. The van der Waals surface area contributed by atoms with Gasteiger partial charge in [0.1, 0.15) is 16.8 Å². The summed E-state index contributed by atoms with van der Waals surface area (Å²) in [4.78, 5) is 88.4. The number of hydrogen-bond acceptors (Lipinski definition) is 15. The minimum absolute atomic E-state index is 0.000396. The summed E-state index contributed by atoms with van der Waals surface area (Å²) in [5.41, 5.74) is 3.62. The number of rotatable bonds is 22. The van der Waals surface area contributed by atoms with Crippen LogP contribution < -0.4 is 36.6 Å². The average Bonchev–Trinajstić information content (AvgIpc) is 3.59. The molecule has 6 amide bonds. The van der Waals surface area contributed by atoms with Gasteiger partial charge in [-0.05, 0) is 140 Å². The number of likely N-dealkylation sites (tertiary alicyclic amines) is 1. The van der Waals surface area contributed by atoms with Gasteiger partial charge in [0.25, 0.3) is 11.8 Å². The Morgan fingerprint density at radius 3 is 2.33 bits per heavy atom. The number of ether oxygens (including phenoxy) is 1. The van der Waals surface area contributed by atoms with Crippen molar-refractivity contribution in [3.63, 3.8) is 0 Å². The highest BCUT2D eigenvalue weighted by atomic mass is 35.5. The molecule has 0 bridgehead atoms. The van der Waals surface area contributed by atoms with E-state index in [1.54, 1.807) is 44.2 Å². The largest absolute Gasteiger partial charge is 0.489 e. The van der Waals surface area contributed by atoms with Gasteiger partial charge in [-0.3, -0.25) is 39.0 Å². The van der Waals surface area contributed by atoms with Crippen LogP contribution in [0.3, 0.4) is 0 Å². The highest BCUT2D eigenvalue weighted by molar-refractivity contribution is 7.92. The topological polar surface area (TPSA) is 250 Å². The van der Waals surface area contributed by atoms with Crippen molar-refractivity contribution in [3.05, 3.63) is 88.1 Å². The number of sulfone groups is 1. The number of para-hydroxylation sites is 1. The first-order valence-electron chi connectivity index (χ1n) is 24.5. The summed E-state index contributed by atoms with van der Waals surface area (Å²) in [5.74, 6) is -1.40. The van der Waals surface area contributed by atoms with Gasteiger partial charge in [0, 0.05) is 38.9 Å². The van der Waals surface area contributed by atoms with Gasteiger partial charge in [0.2, 0.25) is 29.6 Å². The Kier molecular flexibility index (Phi) is 17.6. The molecule has 2 saturated heterocycles. The number of carbonyl (C=O) groups is 6. The van der Waals surface area contributed by atoms with E-state index in [1.165, 1.54) is 23.9 Å². The Hall–Kier alpha value is -6.48. The molecule has 2 fully saturated rings. The van der Waals surface area contributed by atoms with Crippen LogP contribution in [0.1, 0.15) is 117 Å². The molecular weight excluding hydrogens is 964 g/mol. The second-order valence-electron chi connectivity index (χ2n) is 18.7. The van der Waals surface area contributed by atoms with Crippen LogP contribution in [0.4, 0.5) is 28.8 Å². The Balaban J connectivity index is 0.807. The molecule has 21 heteroatoms. The van der Waals surface area contributed by atoms with Gasteiger partial charge in [-0.1, -0.05) is 29.8 Å². The Labute approximate surface area is 424 Å². The summed E-state index contributed by atoms with van der Waals surface area (Å²) in [6, 6.07) is 14.2. The molecule has 3 aliphatic heterocycles. The van der Waals surface area contributed by atoms with Crippen LogP contribution in [0.15, 0.2) is 65.7 Å². The molecule has 72 heavy (non-hydrogen) atoms. The maximum Gasteiger partial charge on any atom is 0.264 e. The predicted molar refractivity (Wildman–Crippen MR) is 274 cm³/mol. The van der Waals surface area contributed by atoms with E-state index in [4.69, 9.17) is 16.3 Å². The summed E-state index contributed by atoms with van der Waals surface area (Å²) in [6.07, 6.45) is 5.30. The van der Waals surface area contributed by atoms with Crippen molar-refractivity contribution < 1.29 is 41.9 Å². The number of unbranched alkanes of at least 4 members (excludes halogenated alkanes) is 1. The van der Waals surface area contributed by atoms with Crippen LogP contribution in [0.2, 0.25) is 5.02 Å².